The molecule has 0 aliphatic heterocycles. The van der Waals surface area contributed by atoms with Gasteiger partial charge in [0.15, 0.2) is 0 Å². The van der Waals surface area contributed by atoms with Gasteiger partial charge in [0.1, 0.15) is 6.07 Å². The molecule has 4 heteroatoms. The smallest absolute Gasteiger partial charge is 0.101 e. The third kappa shape index (κ3) is 3.23. The van der Waals surface area contributed by atoms with Crippen molar-refractivity contribution in [1.82, 2.24) is 5.32 Å². The molecule has 0 aliphatic carbocycles. The molecule has 0 saturated carbocycles. The fraction of sp³-hybridized carbons (Fsp3) is 0.222. The van der Waals surface area contributed by atoms with Gasteiger partial charge in [-0.15, -0.1) is 12.4 Å². The van der Waals surface area contributed by atoms with Gasteiger partial charge in [-0.25, -0.2) is 0 Å². The van der Waals surface area contributed by atoms with Crippen LogP contribution in [0.5, 0.6) is 0 Å². The molecular weight excluding hydrogens is 207 g/mol. The molecule has 0 saturated heterocycles. The third-order valence-corrected chi connectivity index (χ3v) is 1.86. The Hall–Kier alpha value is -0.750. The van der Waals surface area contributed by atoms with Crippen LogP contribution in [0.3, 0.4) is 0 Å². The molecule has 70 valence electrons. The highest BCUT2D eigenvalue weighted by atomic mass is 35.5. The Labute approximate surface area is 88.9 Å². The number of nitrogens with one attached hydrogen (secondary N) is 1. The average Bonchev–Trinajstić information content (AvgIpc) is 2.09. The molecule has 0 radical (unpaired) electrons. The first kappa shape index (κ1) is 12.2. The summed E-state index contributed by atoms with van der Waals surface area (Å²) in [6.45, 7) is 0.756. The topological polar surface area (TPSA) is 35.8 Å². The van der Waals surface area contributed by atoms with Crippen LogP contribution >= 0.6 is 24.0 Å². The maximum absolute atomic E-state index is 8.66. The largest absolute Gasteiger partial charge is 0.316 e. The predicted molar refractivity (Wildman–Crippen MR) is 56.2 cm³/mol. The van der Waals surface area contributed by atoms with Gasteiger partial charge < -0.3 is 5.32 Å². The lowest BCUT2D eigenvalue weighted by molar-refractivity contribution is 0.817. The Balaban J connectivity index is 0.00000144. The molecule has 0 atom stereocenters. The number of halogens is 2. The minimum atomic E-state index is 0. The molecule has 1 rings (SSSR count). The maximum atomic E-state index is 8.66. The SMILES string of the molecule is CNCc1ccc(Cl)c(C#N)c1.Cl. The highest BCUT2D eigenvalue weighted by molar-refractivity contribution is 6.31. The van der Waals surface area contributed by atoms with E-state index in [0.717, 1.165) is 12.1 Å². The van der Waals surface area contributed by atoms with Crippen LogP contribution in [0.4, 0.5) is 0 Å². The lowest BCUT2D eigenvalue weighted by Crippen LogP contribution is -2.04. The van der Waals surface area contributed by atoms with E-state index in [-0.39, 0.29) is 12.4 Å². The van der Waals surface area contributed by atoms with E-state index in [9.17, 15) is 0 Å². The zero-order valence-electron chi connectivity index (χ0n) is 7.17. The second-order valence-corrected chi connectivity index (χ2v) is 2.86. The van der Waals surface area contributed by atoms with Crippen LogP contribution in [0.15, 0.2) is 18.2 Å². The molecule has 1 N–H and O–H groups in total. The van der Waals surface area contributed by atoms with Gasteiger partial charge in [0, 0.05) is 6.54 Å². The summed E-state index contributed by atoms with van der Waals surface area (Å²) in [5.74, 6) is 0. The van der Waals surface area contributed by atoms with Crippen LogP contribution in [-0.4, -0.2) is 7.05 Å². The van der Waals surface area contributed by atoms with Crippen molar-refractivity contribution in [3.63, 3.8) is 0 Å². The molecule has 0 spiro atoms. The molecule has 0 aromatic heterocycles. The number of hydrogen-bond donors (Lipinski definition) is 1. The third-order valence-electron chi connectivity index (χ3n) is 1.53. The highest BCUT2D eigenvalue weighted by Gasteiger charge is 1.99. The highest BCUT2D eigenvalue weighted by Crippen LogP contribution is 2.16. The summed E-state index contributed by atoms with van der Waals surface area (Å²) in [4.78, 5) is 0. The first-order valence-corrected chi connectivity index (χ1v) is 3.99. The van der Waals surface area contributed by atoms with Crippen molar-refractivity contribution in [2.75, 3.05) is 7.05 Å². The molecule has 1 aromatic rings. The van der Waals surface area contributed by atoms with Crippen LogP contribution in [0.1, 0.15) is 11.1 Å². The quantitative estimate of drug-likeness (QED) is 0.825. The molecule has 0 aliphatic rings. The van der Waals surface area contributed by atoms with Crippen LogP contribution in [0.2, 0.25) is 5.02 Å². The molecule has 0 fully saturated rings. The Morgan fingerprint density at radius 3 is 2.77 bits per heavy atom. The summed E-state index contributed by atoms with van der Waals surface area (Å²) in [7, 11) is 1.86. The van der Waals surface area contributed by atoms with Crippen molar-refractivity contribution in [2.45, 2.75) is 6.54 Å². The van der Waals surface area contributed by atoms with E-state index in [2.05, 4.69) is 5.32 Å². The van der Waals surface area contributed by atoms with E-state index < -0.39 is 0 Å². The number of benzene rings is 1. The zero-order chi connectivity index (χ0) is 8.97. The Kier molecular flexibility index (Phi) is 5.48. The Morgan fingerprint density at radius 1 is 1.54 bits per heavy atom. The monoisotopic (exact) mass is 216 g/mol. The summed E-state index contributed by atoms with van der Waals surface area (Å²) >= 11 is 5.75. The molecular formula is C9H10Cl2N2. The van der Waals surface area contributed by atoms with E-state index in [0.29, 0.717) is 10.6 Å². The standard InChI is InChI=1S/C9H9ClN2.ClH/c1-12-6-7-2-3-9(10)8(4-7)5-11;/h2-4,12H,6H2,1H3;1H. The van der Waals surface area contributed by atoms with E-state index in [4.69, 9.17) is 16.9 Å². The van der Waals surface area contributed by atoms with Crippen molar-refractivity contribution in [3.05, 3.63) is 34.3 Å². The number of nitrogens with zero attached hydrogens (tertiary/aromatic N) is 1. The van der Waals surface area contributed by atoms with Gasteiger partial charge in [-0.2, -0.15) is 5.26 Å². The molecule has 13 heavy (non-hydrogen) atoms. The van der Waals surface area contributed by atoms with Gasteiger partial charge in [0.2, 0.25) is 0 Å². The van der Waals surface area contributed by atoms with E-state index in [1.165, 1.54) is 0 Å². The van der Waals surface area contributed by atoms with Gasteiger partial charge in [0.05, 0.1) is 10.6 Å². The summed E-state index contributed by atoms with van der Waals surface area (Å²) in [6, 6.07) is 7.47. The summed E-state index contributed by atoms with van der Waals surface area (Å²) in [5.41, 5.74) is 1.60. The Bertz CT molecular complexity index is 318. The van der Waals surface area contributed by atoms with Gasteiger partial charge in [-0.05, 0) is 24.7 Å². The zero-order valence-corrected chi connectivity index (χ0v) is 8.75. The fourth-order valence-electron chi connectivity index (χ4n) is 0.972. The molecule has 1 aromatic carbocycles. The Morgan fingerprint density at radius 2 is 2.23 bits per heavy atom. The van der Waals surface area contributed by atoms with Gasteiger partial charge in [0.25, 0.3) is 0 Å². The van der Waals surface area contributed by atoms with Gasteiger partial charge >= 0.3 is 0 Å². The lowest BCUT2D eigenvalue weighted by atomic mass is 10.1. The number of rotatable bonds is 2. The number of hydrogen-bond acceptors (Lipinski definition) is 2. The lowest BCUT2D eigenvalue weighted by Gasteiger charge is -2.00. The number of nitriles is 1. The minimum absolute atomic E-state index is 0. The summed E-state index contributed by atoms with van der Waals surface area (Å²) in [6.07, 6.45) is 0. The minimum Gasteiger partial charge on any atom is -0.316 e. The fourth-order valence-corrected chi connectivity index (χ4v) is 1.13. The van der Waals surface area contributed by atoms with Crippen LogP contribution in [0, 0.1) is 11.3 Å². The van der Waals surface area contributed by atoms with Crippen molar-refractivity contribution in [3.8, 4) is 6.07 Å². The average molecular weight is 217 g/mol. The summed E-state index contributed by atoms with van der Waals surface area (Å²) in [5, 5.41) is 12.2. The van der Waals surface area contributed by atoms with Gasteiger partial charge in [-0.1, -0.05) is 17.7 Å². The van der Waals surface area contributed by atoms with Crippen LogP contribution in [-0.2, 0) is 6.54 Å². The first-order valence-electron chi connectivity index (χ1n) is 3.61. The van der Waals surface area contributed by atoms with Crippen molar-refractivity contribution in [1.29, 1.82) is 5.26 Å². The van der Waals surface area contributed by atoms with Crippen molar-refractivity contribution in [2.24, 2.45) is 0 Å². The summed E-state index contributed by atoms with van der Waals surface area (Å²) < 4.78 is 0. The molecule has 0 unspecified atom stereocenters. The van der Waals surface area contributed by atoms with Crippen molar-refractivity contribution < 1.29 is 0 Å². The second-order valence-electron chi connectivity index (χ2n) is 2.46. The first-order chi connectivity index (χ1) is 5.77. The second kappa shape index (κ2) is 5.82. The molecule has 2 nitrogen and oxygen atoms in total. The molecule has 0 bridgehead atoms. The van der Waals surface area contributed by atoms with Crippen LogP contribution in [0.25, 0.3) is 0 Å². The molecule has 0 heterocycles. The van der Waals surface area contributed by atoms with E-state index in [1.807, 2.05) is 19.2 Å². The maximum Gasteiger partial charge on any atom is 0.101 e. The normalized spacial score (nSPS) is 8.69. The van der Waals surface area contributed by atoms with Crippen molar-refractivity contribution >= 4 is 24.0 Å². The van der Waals surface area contributed by atoms with E-state index in [1.54, 1.807) is 12.1 Å². The van der Waals surface area contributed by atoms with Crippen LogP contribution < -0.4 is 5.32 Å². The molecule has 0 amide bonds. The predicted octanol–water partition coefficient (Wildman–Crippen LogP) is 2.35. The van der Waals surface area contributed by atoms with Gasteiger partial charge in [-0.3, -0.25) is 0 Å². The van der Waals surface area contributed by atoms with E-state index >= 15 is 0 Å².